The average molecular weight is 499 g/mol. The number of halogens is 3. The molecule has 2 aromatic carbocycles. The van der Waals surface area contributed by atoms with E-state index >= 15 is 0 Å². The number of sulfonamides is 1. The van der Waals surface area contributed by atoms with E-state index in [0.717, 1.165) is 17.7 Å². The molecule has 0 spiro atoms. The molecular formula is C22H25F3N4O4S. The van der Waals surface area contributed by atoms with Gasteiger partial charge in [-0.25, -0.2) is 13.2 Å². The van der Waals surface area contributed by atoms with Crippen LogP contribution in [0.25, 0.3) is 0 Å². The molecular weight excluding hydrogens is 473 g/mol. The van der Waals surface area contributed by atoms with Gasteiger partial charge in [0.05, 0.1) is 41.6 Å². The van der Waals surface area contributed by atoms with Gasteiger partial charge in [-0.15, -0.1) is 0 Å². The molecule has 1 saturated heterocycles. The van der Waals surface area contributed by atoms with Crippen LogP contribution in [0.4, 0.5) is 35.0 Å². The van der Waals surface area contributed by atoms with Gasteiger partial charge in [0.25, 0.3) is 0 Å². The first-order valence-corrected chi connectivity index (χ1v) is 12.4. The second kappa shape index (κ2) is 9.71. The van der Waals surface area contributed by atoms with E-state index in [1.807, 2.05) is 17.0 Å². The van der Waals surface area contributed by atoms with Crippen molar-refractivity contribution in [3.8, 4) is 0 Å². The fraction of sp³-hybridized carbons (Fsp3) is 0.409. The van der Waals surface area contributed by atoms with Gasteiger partial charge in [-0.1, -0.05) is 18.2 Å². The van der Waals surface area contributed by atoms with Crippen LogP contribution >= 0.6 is 0 Å². The summed E-state index contributed by atoms with van der Waals surface area (Å²) in [7, 11) is -3.67. The van der Waals surface area contributed by atoms with E-state index in [9.17, 15) is 26.4 Å². The zero-order chi connectivity index (χ0) is 24.3. The highest BCUT2D eigenvalue weighted by Gasteiger charge is 2.32. The Morgan fingerprint density at radius 1 is 1.03 bits per heavy atom. The highest BCUT2D eigenvalue weighted by atomic mass is 32.2. The van der Waals surface area contributed by atoms with Gasteiger partial charge in [0.2, 0.25) is 10.0 Å². The number of alkyl halides is 3. The second-order valence-electron chi connectivity index (χ2n) is 7.98. The number of benzene rings is 2. The molecule has 0 saturated carbocycles. The van der Waals surface area contributed by atoms with E-state index in [1.54, 1.807) is 12.1 Å². The number of ether oxygens (including phenoxy) is 1. The molecule has 2 aliphatic heterocycles. The van der Waals surface area contributed by atoms with Gasteiger partial charge >= 0.3 is 12.2 Å². The van der Waals surface area contributed by atoms with Gasteiger partial charge < -0.3 is 20.3 Å². The lowest BCUT2D eigenvalue weighted by molar-refractivity contribution is -0.137. The van der Waals surface area contributed by atoms with E-state index in [1.165, 1.54) is 10.4 Å². The Labute approximate surface area is 195 Å². The van der Waals surface area contributed by atoms with Crippen molar-refractivity contribution in [3.05, 3.63) is 53.6 Å². The van der Waals surface area contributed by atoms with Crippen molar-refractivity contribution in [1.29, 1.82) is 0 Å². The second-order valence-corrected chi connectivity index (χ2v) is 9.99. The third kappa shape index (κ3) is 5.39. The summed E-state index contributed by atoms with van der Waals surface area (Å²) in [5.74, 6) is -0.340. The predicted molar refractivity (Wildman–Crippen MR) is 123 cm³/mol. The Balaban J connectivity index is 1.41. The molecule has 0 unspecified atom stereocenters. The molecule has 0 aliphatic carbocycles. The van der Waals surface area contributed by atoms with Crippen molar-refractivity contribution in [3.63, 3.8) is 0 Å². The molecule has 0 atom stereocenters. The molecule has 0 aromatic heterocycles. The maximum Gasteiger partial charge on any atom is 0.416 e. The van der Waals surface area contributed by atoms with Crippen molar-refractivity contribution in [1.82, 2.24) is 5.32 Å². The van der Waals surface area contributed by atoms with Crippen LogP contribution in [0, 0.1) is 0 Å². The molecule has 34 heavy (non-hydrogen) atoms. The van der Waals surface area contributed by atoms with Crippen molar-refractivity contribution < 1.29 is 31.1 Å². The van der Waals surface area contributed by atoms with E-state index < -0.39 is 27.8 Å². The highest BCUT2D eigenvalue weighted by Crippen LogP contribution is 2.36. The zero-order valence-electron chi connectivity index (χ0n) is 18.3. The molecule has 1 fully saturated rings. The number of amides is 2. The molecule has 2 heterocycles. The van der Waals surface area contributed by atoms with E-state index in [2.05, 4.69) is 10.6 Å². The number of morpholine rings is 1. The number of rotatable bonds is 6. The van der Waals surface area contributed by atoms with Gasteiger partial charge in [-0.3, -0.25) is 4.31 Å². The quantitative estimate of drug-likeness (QED) is 0.639. The molecule has 2 amide bonds. The third-order valence-corrected chi connectivity index (χ3v) is 7.52. The maximum absolute atomic E-state index is 13.2. The molecule has 2 N–H and O–H groups in total. The maximum atomic E-state index is 13.2. The lowest BCUT2D eigenvalue weighted by atomic mass is 10.1. The van der Waals surface area contributed by atoms with Crippen LogP contribution < -0.4 is 19.8 Å². The Kier molecular flexibility index (Phi) is 6.89. The number of carbonyl (C=O) groups excluding carboxylic acids is 1. The Morgan fingerprint density at radius 2 is 1.76 bits per heavy atom. The summed E-state index contributed by atoms with van der Waals surface area (Å²) < 4.78 is 71.8. The molecule has 2 aromatic rings. The largest absolute Gasteiger partial charge is 0.416 e. The van der Waals surface area contributed by atoms with E-state index in [0.29, 0.717) is 50.6 Å². The van der Waals surface area contributed by atoms with Crippen molar-refractivity contribution in [2.24, 2.45) is 0 Å². The summed E-state index contributed by atoms with van der Waals surface area (Å²) in [4.78, 5) is 14.3. The Hall–Kier alpha value is -2.99. The fourth-order valence-corrected chi connectivity index (χ4v) is 5.49. The fourth-order valence-electron chi connectivity index (χ4n) is 4.06. The summed E-state index contributed by atoms with van der Waals surface area (Å²) in [6.45, 7) is 1.92. The first-order valence-electron chi connectivity index (χ1n) is 10.8. The minimum atomic E-state index is -4.57. The van der Waals surface area contributed by atoms with Crippen molar-refractivity contribution in [2.45, 2.75) is 12.6 Å². The third-order valence-electron chi connectivity index (χ3n) is 5.75. The van der Waals surface area contributed by atoms with Crippen LogP contribution in [-0.4, -0.2) is 59.6 Å². The molecule has 12 heteroatoms. The number of nitrogens with one attached hydrogen (secondary N) is 2. The summed E-state index contributed by atoms with van der Waals surface area (Å²) >= 11 is 0. The SMILES string of the molecule is O=C(NCCS(=O)(=O)N1CCc2ccccc21)Nc1cc(C(F)(F)F)ccc1N1CCOCC1. The van der Waals surface area contributed by atoms with E-state index in [-0.39, 0.29) is 18.0 Å². The smallest absolute Gasteiger partial charge is 0.378 e. The summed E-state index contributed by atoms with van der Waals surface area (Å²) in [6.07, 6.45) is -3.96. The van der Waals surface area contributed by atoms with Crippen LogP contribution in [0.2, 0.25) is 0 Å². The van der Waals surface area contributed by atoms with Crippen molar-refractivity contribution in [2.75, 3.05) is 59.7 Å². The Morgan fingerprint density at radius 3 is 2.50 bits per heavy atom. The van der Waals surface area contributed by atoms with Gasteiger partial charge in [-0.2, -0.15) is 13.2 Å². The van der Waals surface area contributed by atoms with Crippen LogP contribution in [0.15, 0.2) is 42.5 Å². The molecule has 184 valence electrons. The topological polar surface area (TPSA) is 91.0 Å². The Bertz CT molecular complexity index is 1150. The number of nitrogens with zero attached hydrogens (tertiary/aromatic N) is 2. The number of fused-ring (bicyclic) bond motifs is 1. The standard InChI is InChI=1S/C22H25F3N4O4S/c23-22(24,25)17-5-6-20(28-10-12-33-13-11-28)18(15-17)27-21(30)26-8-14-34(31,32)29-9-7-16-3-1-2-4-19(16)29/h1-6,15H,7-14H2,(H2,26,27,30). The number of anilines is 3. The average Bonchev–Trinajstić information content (AvgIpc) is 3.24. The van der Waals surface area contributed by atoms with Crippen LogP contribution in [0.5, 0.6) is 0 Å². The van der Waals surface area contributed by atoms with Gasteiger partial charge in [0.1, 0.15) is 0 Å². The van der Waals surface area contributed by atoms with Gasteiger partial charge in [0.15, 0.2) is 0 Å². The number of hydrogen-bond donors (Lipinski definition) is 2. The monoisotopic (exact) mass is 498 g/mol. The lowest BCUT2D eigenvalue weighted by Crippen LogP contribution is -2.39. The molecule has 0 bridgehead atoms. The van der Waals surface area contributed by atoms with Gasteiger partial charge in [-0.05, 0) is 36.2 Å². The van der Waals surface area contributed by atoms with E-state index in [4.69, 9.17) is 4.74 Å². The van der Waals surface area contributed by atoms with Gasteiger partial charge in [0, 0.05) is 26.2 Å². The predicted octanol–water partition coefficient (Wildman–Crippen LogP) is 3.06. The molecule has 0 radical (unpaired) electrons. The normalized spacial score (nSPS) is 16.3. The number of hydrogen-bond acceptors (Lipinski definition) is 5. The highest BCUT2D eigenvalue weighted by molar-refractivity contribution is 7.92. The van der Waals surface area contributed by atoms with Crippen LogP contribution in [0.1, 0.15) is 11.1 Å². The molecule has 4 rings (SSSR count). The zero-order valence-corrected chi connectivity index (χ0v) is 19.1. The minimum absolute atomic E-state index is 0.00875. The summed E-state index contributed by atoms with van der Waals surface area (Å²) in [5.41, 5.74) is 1.11. The lowest BCUT2D eigenvalue weighted by Gasteiger charge is -2.31. The number of urea groups is 1. The summed E-state index contributed by atoms with van der Waals surface area (Å²) in [5, 5.41) is 4.89. The summed E-state index contributed by atoms with van der Waals surface area (Å²) in [6, 6.07) is 9.60. The van der Waals surface area contributed by atoms with Crippen LogP contribution in [-0.2, 0) is 27.4 Å². The van der Waals surface area contributed by atoms with Crippen LogP contribution in [0.3, 0.4) is 0 Å². The molecule has 8 nitrogen and oxygen atoms in total. The number of para-hydroxylation sites is 1. The first-order chi connectivity index (χ1) is 16.1. The number of carbonyl (C=O) groups is 1. The van der Waals surface area contributed by atoms with Crippen molar-refractivity contribution >= 4 is 33.1 Å². The first kappa shape index (κ1) is 24.1. The minimum Gasteiger partial charge on any atom is -0.378 e. The molecule has 2 aliphatic rings.